The van der Waals surface area contributed by atoms with Crippen LogP contribution in [-0.4, -0.2) is 200 Å². The molecular formula is C89H115N19O17. The van der Waals surface area contributed by atoms with Gasteiger partial charge < -0.3 is 107 Å². The molecule has 10 atom stereocenters. The van der Waals surface area contributed by atoms with Crippen LogP contribution in [0.3, 0.4) is 0 Å². The van der Waals surface area contributed by atoms with Crippen molar-refractivity contribution < 1.29 is 82.4 Å². The molecule has 7 aromatic rings. The number of amides is 13. The minimum atomic E-state index is -2.03. The van der Waals surface area contributed by atoms with Gasteiger partial charge in [0.05, 0.1) is 37.6 Å². The van der Waals surface area contributed by atoms with Crippen molar-refractivity contribution >= 4 is 88.7 Å². The maximum Gasteiger partial charge on any atom is 0.305 e. The Kier molecular flexibility index (Phi) is 40.2. The molecule has 0 spiro atoms. The number of aliphatic hydroxyl groups excluding tert-OH is 1. The highest BCUT2D eigenvalue weighted by Gasteiger charge is 2.40. The number of hydrogen-bond donors (Lipinski definition) is 20. The van der Waals surface area contributed by atoms with Gasteiger partial charge >= 0.3 is 5.97 Å². The van der Waals surface area contributed by atoms with Crippen molar-refractivity contribution in [2.75, 3.05) is 26.2 Å². The monoisotopic (exact) mass is 1720 g/mol. The van der Waals surface area contributed by atoms with Crippen LogP contribution in [0.1, 0.15) is 143 Å². The van der Waals surface area contributed by atoms with Crippen LogP contribution in [0.2, 0.25) is 0 Å². The number of nitrogens with one attached hydrogen (secondary N) is 13. The molecule has 1 heterocycles. The number of nitrogens with two attached hydrogens (primary N) is 4. The first-order valence-electron chi connectivity index (χ1n) is 41.5. The Labute approximate surface area is 724 Å². The summed E-state index contributed by atoms with van der Waals surface area (Å²) in [5, 5.41) is 68.6. The fraction of sp³-hybridized carbons (Fsp3) is 0.393. The highest BCUT2D eigenvalue weighted by Crippen LogP contribution is 2.41. The second kappa shape index (κ2) is 51.1. The third kappa shape index (κ3) is 32.5. The summed E-state index contributed by atoms with van der Waals surface area (Å²) in [5.74, 6) is -14.6. The molecule has 0 saturated heterocycles. The molecule has 36 nitrogen and oxygen atoms in total. The number of aliphatic hydroxyl groups is 1. The zero-order chi connectivity index (χ0) is 90.8. The molecule has 7 rings (SSSR count). The van der Waals surface area contributed by atoms with Crippen LogP contribution in [0, 0.1) is 5.41 Å². The number of aliphatic carboxylic acids is 1. The fourth-order valence-corrected chi connectivity index (χ4v) is 13.9. The van der Waals surface area contributed by atoms with Crippen molar-refractivity contribution in [3.05, 3.63) is 228 Å². The Balaban J connectivity index is 1.06. The number of phenols is 1. The van der Waals surface area contributed by atoms with Crippen molar-refractivity contribution in [2.24, 2.45) is 22.9 Å². The number of carboxylic acid groups (broad SMARTS) is 1. The normalized spacial score (nSPS) is 13.5. The molecule has 36 heteroatoms. The van der Waals surface area contributed by atoms with Crippen LogP contribution >= 0.6 is 0 Å². The first-order chi connectivity index (χ1) is 60.0. The van der Waals surface area contributed by atoms with E-state index < -0.39 is 175 Å². The van der Waals surface area contributed by atoms with Gasteiger partial charge in [-0.15, -0.1) is 0 Å². The molecule has 6 unspecified atom stereocenters. The smallest absolute Gasteiger partial charge is 0.305 e. The highest BCUT2D eigenvalue weighted by molar-refractivity contribution is 5.99. The highest BCUT2D eigenvalue weighted by atomic mass is 16.4. The number of carbonyl (C=O) groups is 14. The Morgan fingerprint density at radius 2 is 0.864 bits per heavy atom. The Morgan fingerprint density at radius 3 is 1.37 bits per heavy atom. The van der Waals surface area contributed by atoms with Gasteiger partial charge in [-0.3, -0.25) is 72.5 Å². The summed E-state index contributed by atoms with van der Waals surface area (Å²) in [6, 6.07) is 36.3. The number of benzene rings is 6. The molecule has 1 aromatic heterocycles. The van der Waals surface area contributed by atoms with Gasteiger partial charge in [0, 0.05) is 57.8 Å². The number of primary amides is 2. The molecule has 0 radical (unpaired) electrons. The molecule has 668 valence electrons. The van der Waals surface area contributed by atoms with Crippen molar-refractivity contribution in [1.29, 1.82) is 5.41 Å². The van der Waals surface area contributed by atoms with Gasteiger partial charge in [-0.05, 0) is 97.4 Å². The molecule has 13 amide bonds. The minimum Gasteiger partial charge on any atom is -0.508 e. The number of aromatic hydroxyl groups is 1. The zero-order valence-electron chi connectivity index (χ0n) is 70.0. The van der Waals surface area contributed by atoms with Gasteiger partial charge in [-0.2, -0.15) is 0 Å². The predicted octanol–water partition coefficient (Wildman–Crippen LogP) is 0.654. The van der Waals surface area contributed by atoms with Crippen molar-refractivity contribution in [3.63, 3.8) is 0 Å². The number of nitrogens with zero attached hydrogens (tertiary/aromatic N) is 2. The first-order valence-corrected chi connectivity index (χ1v) is 41.5. The average Bonchev–Trinajstić information content (AvgIpc) is 1.72. The van der Waals surface area contributed by atoms with E-state index >= 15 is 9.59 Å². The van der Waals surface area contributed by atoms with Gasteiger partial charge in [-0.1, -0.05) is 196 Å². The van der Waals surface area contributed by atoms with E-state index in [0.717, 1.165) is 48.8 Å². The second-order valence-electron chi connectivity index (χ2n) is 30.3. The average molecular weight is 1720 g/mol. The maximum absolute atomic E-state index is 15.1. The summed E-state index contributed by atoms with van der Waals surface area (Å²) in [6.07, 6.45) is 6.20. The zero-order valence-corrected chi connectivity index (χ0v) is 70.0. The van der Waals surface area contributed by atoms with Crippen LogP contribution in [0.15, 0.2) is 188 Å². The van der Waals surface area contributed by atoms with Crippen LogP contribution < -0.4 is 86.7 Å². The minimum absolute atomic E-state index is 0.00658. The Hall–Kier alpha value is -13.9. The van der Waals surface area contributed by atoms with Crippen LogP contribution in [0.5, 0.6) is 5.75 Å². The fourth-order valence-electron chi connectivity index (χ4n) is 13.9. The van der Waals surface area contributed by atoms with Gasteiger partial charge in [0.15, 0.2) is 5.96 Å². The molecule has 6 aromatic carbocycles. The summed E-state index contributed by atoms with van der Waals surface area (Å²) < 4.78 is 1.97. The number of carbonyl (C=O) groups excluding carboxylic acids is 13. The quantitative estimate of drug-likeness (QED) is 0.0108. The standard InChI is InChI=1S/C89H115N19O17/c1-3-4-5-6-22-38-75(112)95-45-24-23-36-66(101-80(118)65(90)50-63-53-108(55-98-63)89(60-30-16-9-17-31-60,61-32-18-10-19-33-61)62-34-20-11-21-35-62)83(121)104-70(48-58-28-14-8-15-29-58)85(123)105-71(49-59-39-41-64(110)42-40-59)86(124)107-73(54-109)87(125)102-68(43-44-74(91)111)84(122)106-72(51-77(114)115)81(119)97-52-76(113)99-56(2)79(117)100-67(37-25-46-96-88(93)94)82(120)103-69(78(92)116)47-57-26-12-7-13-27-57/h7-21,26-35,39-42,53,55-56,65-73,109-110H,3-6,22-25,36-38,43-52,54,90H2,1-2H3,(H2,91,111)(H2,92,116)(H,95,112)(H,97,119)(H,99,113)(H,100,117)(H,101,118)(H,102,125)(H,103,120)(H,104,121)(H,105,123)(H,106,122)(H,107,124)(H,114,115)(H4,93,94,96)/t56-,65-,66?,67-,68?,69-,70?,71?,72?,73?/m0/s1. The largest absolute Gasteiger partial charge is 0.508 e. The molecule has 0 bridgehead atoms. The SMILES string of the molecule is CCCCCCCC(=O)NCCCCC(NC(=O)[C@@H](N)Cc1cn(C(c2ccccc2)(c2ccccc2)c2ccccc2)cn1)C(=O)NC(Cc1ccccc1)C(=O)NC(Cc1ccc(O)cc1)C(=O)NC(CO)C(=O)NC(CCC(N)=O)C(=O)NC(CC(=O)O)C(=O)NCC(=O)N[C@@H](C)C(=O)N[C@@H](CCCNC(=N)N)C(=O)N[C@@H](Cc1ccccc1)C(N)=O. The predicted molar refractivity (Wildman–Crippen MR) is 463 cm³/mol. The number of phenolic OH excluding ortho intramolecular Hbond substituents is 1. The van der Waals surface area contributed by atoms with Crippen molar-refractivity contribution in [1.82, 2.24) is 73.4 Å². The molecule has 0 aliphatic carbocycles. The van der Waals surface area contributed by atoms with E-state index in [4.69, 9.17) is 33.3 Å². The third-order valence-electron chi connectivity index (χ3n) is 20.6. The molecule has 125 heavy (non-hydrogen) atoms. The van der Waals surface area contributed by atoms with Crippen LogP contribution in [0.4, 0.5) is 0 Å². The Bertz CT molecular complexity index is 4630. The second-order valence-corrected chi connectivity index (χ2v) is 30.3. The maximum atomic E-state index is 15.1. The van der Waals surface area contributed by atoms with E-state index in [1.165, 1.54) is 31.2 Å². The number of imidazole rings is 1. The van der Waals surface area contributed by atoms with Gasteiger partial charge in [0.25, 0.3) is 0 Å². The first kappa shape index (κ1) is 98.2. The lowest BCUT2D eigenvalue weighted by atomic mass is 9.77. The number of aromatic nitrogens is 2. The number of unbranched alkanes of at least 4 members (excludes halogenated alkanes) is 5. The lowest BCUT2D eigenvalue weighted by Gasteiger charge is -2.37. The van der Waals surface area contributed by atoms with Gasteiger partial charge in [-0.25, -0.2) is 4.98 Å². The molecule has 0 aliphatic heterocycles. The van der Waals surface area contributed by atoms with E-state index in [0.29, 0.717) is 35.2 Å². The number of hydrogen-bond acceptors (Lipinski definition) is 19. The summed E-state index contributed by atoms with van der Waals surface area (Å²) in [7, 11) is 0. The van der Waals surface area contributed by atoms with Gasteiger partial charge in [0.2, 0.25) is 76.8 Å². The van der Waals surface area contributed by atoms with E-state index in [2.05, 4.69) is 70.7 Å². The number of carboxylic acids is 1. The van der Waals surface area contributed by atoms with Crippen LogP contribution in [0.25, 0.3) is 0 Å². The van der Waals surface area contributed by atoms with E-state index in [-0.39, 0.29) is 82.1 Å². The topological polar surface area (TPSA) is 590 Å². The van der Waals surface area contributed by atoms with E-state index in [9.17, 15) is 72.9 Å². The third-order valence-corrected chi connectivity index (χ3v) is 20.6. The summed E-state index contributed by atoms with van der Waals surface area (Å²) in [4.78, 5) is 197. The summed E-state index contributed by atoms with van der Waals surface area (Å²) >= 11 is 0. The summed E-state index contributed by atoms with van der Waals surface area (Å²) in [6.45, 7) is 1.52. The number of guanidine groups is 1. The Morgan fingerprint density at radius 1 is 0.432 bits per heavy atom. The van der Waals surface area contributed by atoms with Gasteiger partial charge in [0.1, 0.15) is 65.7 Å². The van der Waals surface area contributed by atoms with Crippen molar-refractivity contribution in [3.8, 4) is 5.75 Å². The van der Waals surface area contributed by atoms with Crippen LogP contribution in [-0.2, 0) is 98.3 Å². The number of rotatable bonds is 54. The van der Waals surface area contributed by atoms with E-state index in [1.807, 2.05) is 102 Å². The molecule has 0 aliphatic rings. The molecule has 24 N–H and O–H groups in total. The lowest BCUT2D eigenvalue weighted by Crippen LogP contribution is -2.61. The molecule has 0 fully saturated rings. The van der Waals surface area contributed by atoms with E-state index in [1.54, 1.807) is 67.0 Å². The lowest BCUT2D eigenvalue weighted by molar-refractivity contribution is -0.141. The molecule has 0 saturated carbocycles. The molecular weight excluding hydrogens is 1610 g/mol. The summed E-state index contributed by atoms with van der Waals surface area (Å²) in [5.41, 5.74) is 27.0. The van der Waals surface area contributed by atoms with Crippen molar-refractivity contribution in [2.45, 2.75) is 195 Å².